The number of carboxylic acid groups (broad SMARTS) is 1. The predicted octanol–water partition coefficient (Wildman–Crippen LogP) is -0.393. The molecule has 0 aromatic heterocycles. The molecule has 0 amide bonds. The first kappa shape index (κ1) is 8.90. The van der Waals surface area contributed by atoms with E-state index in [-0.39, 0.29) is 13.3 Å². The van der Waals surface area contributed by atoms with Gasteiger partial charge in [-0.05, 0) is 6.92 Å². The van der Waals surface area contributed by atoms with Crippen molar-refractivity contribution in [2.24, 2.45) is 0 Å². The summed E-state index contributed by atoms with van der Waals surface area (Å²) in [6.07, 6.45) is -0.944. The van der Waals surface area contributed by atoms with E-state index in [4.69, 9.17) is 5.11 Å². The summed E-state index contributed by atoms with van der Waals surface area (Å²) >= 11 is 0. The van der Waals surface area contributed by atoms with Crippen molar-refractivity contribution in [3.05, 3.63) is 0 Å². The molecule has 5 heteroatoms. The molecule has 1 atom stereocenters. The fraction of sp³-hybridized carbons (Fsp3) is 0.600. The van der Waals surface area contributed by atoms with E-state index in [9.17, 15) is 9.59 Å². The molecular weight excluding hydrogens is 140 g/mol. The second kappa shape index (κ2) is 4.75. The molecule has 0 saturated heterocycles. The second-order valence-corrected chi connectivity index (χ2v) is 1.53. The predicted molar refractivity (Wildman–Crippen MR) is 30.2 cm³/mol. The van der Waals surface area contributed by atoms with E-state index in [0.717, 1.165) is 0 Å². The van der Waals surface area contributed by atoms with Crippen molar-refractivity contribution < 1.29 is 24.2 Å². The topological polar surface area (TPSA) is 72.8 Å². The Morgan fingerprint density at radius 3 is 2.80 bits per heavy atom. The maximum absolute atomic E-state index is 10.0. The molecule has 0 fully saturated rings. The first-order valence-corrected chi connectivity index (χ1v) is 2.58. The summed E-state index contributed by atoms with van der Waals surface area (Å²) < 4.78 is 8.58. The lowest BCUT2D eigenvalue weighted by Crippen LogP contribution is -2.20. The Balaban J connectivity index is 3.30. The SMILES string of the molecule is CC(OCOC=O)C(=O)O. The van der Waals surface area contributed by atoms with Gasteiger partial charge in [0.1, 0.15) is 0 Å². The van der Waals surface area contributed by atoms with Crippen LogP contribution in [0.3, 0.4) is 0 Å². The summed E-state index contributed by atoms with van der Waals surface area (Å²) in [4.78, 5) is 19.5. The van der Waals surface area contributed by atoms with Gasteiger partial charge in [0, 0.05) is 0 Å². The van der Waals surface area contributed by atoms with Crippen molar-refractivity contribution in [2.45, 2.75) is 13.0 Å². The lowest BCUT2D eigenvalue weighted by atomic mass is 10.4. The van der Waals surface area contributed by atoms with Crippen LogP contribution in [-0.2, 0) is 19.1 Å². The number of ether oxygens (including phenoxy) is 2. The van der Waals surface area contributed by atoms with Crippen molar-refractivity contribution in [1.82, 2.24) is 0 Å². The van der Waals surface area contributed by atoms with Crippen molar-refractivity contribution in [2.75, 3.05) is 6.79 Å². The molecule has 0 bridgehead atoms. The molecule has 0 radical (unpaired) electrons. The molecule has 0 heterocycles. The Bertz CT molecular complexity index is 121. The maximum atomic E-state index is 10.0. The monoisotopic (exact) mass is 148 g/mol. The number of rotatable bonds is 5. The zero-order valence-electron chi connectivity index (χ0n) is 5.44. The van der Waals surface area contributed by atoms with Crippen molar-refractivity contribution in [3.63, 3.8) is 0 Å². The smallest absolute Gasteiger partial charge is 0.332 e. The van der Waals surface area contributed by atoms with Gasteiger partial charge in [-0.1, -0.05) is 0 Å². The van der Waals surface area contributed by atoms with Gasteiger partial charge in [0.15, 0.2) is 12.9 Å². The third-order valence-electron chi connectivity index (χ3n) is 0.802. The zero-order chi connectivity index (χ0) is 7.98. The van der Waals surface area contributed by atoms with Gasteiger partial charge in [-0.2, -0.15) is 0 Å². The average Bonchev–Trinajstić information content (AvgIpc) is 1.88. The minimum absolute atomic E-state index is 0.189. The van der Waals surface area contributed by atoms with E-state index >= 15 is 0 Å². The normalized spacial score (nSPS) is 12.1. The van der Waals surface area contributed by atoms with Gasteiger partial charge in [-0.3, -0.25) is 4.79 Å². The quantitative estimate of drug-likeness (QED) is 0.326. The molecule has 1 N–H and O–H groups in total. The number of carbonyl (C=O) groups excluding carboxylic acids is 1. The van der Waals surface area contributed by atoms with Crippen LogP contribution in [0.4, 0.5) is 0 Å². The highest BCUT2D eigenvalue weighted by Gasteiger charge is 2.09. The molecule has 0 spiro atoms. The molecule has 0 rings (SSSR count). The van der Waals surface area contributed by atoms with Crippen molar-refractivity contribution in [1.29, 1.82) is 0 Å². The highest BCUT2D eigenvalue weighted by molar-refractivity contribution is 5.71. The third kappa shape index (κ3) is 3.85. The number of carboxylic acids is 1. The van der Waals surface area contributed by atoms with E-state index in [1.165, 1.54) is 6.92 Å². The summed E-state index contributed by atoms with van der Waals surface area (Å²) in [5, 5.41) is 8.21. The Labute approximate surface area is 57.5 Å². The summed E-state index contributed by atoms with van der Waals surface area (Å²) in [7, 11) is 0. The van der Waals surface area contributed by atoms with E-state index in [2.05, 4.69) is 9.47 Å². The van der Waals surface area contributed by atoms with E-state index in [1.54, 1.807) is 0 Å². The molecule has 0 aromatic carbocycles. The Morgan fingerprint density at radius 1 is 1.80 bits per heavy atom. The molecule has 0 aromatic rings. The molecule has 1 unspecified atom stereocenters. The average molecular weight is 148 g/mol. The van der Waals surface area contributed by atoms with Crippen LogP contribution >= 0.6 is 0 Å². The van der Waals surface area contributed by atoms with Gasteiger partial charge in [0.05, 0.1) is 0 Å². The van der Waals surface area contributed by atoms with Crippen LogP contribution in [0.15, 0.2) is 0 Å². The lowest BCUT2D eigenvalue weighted by Gasteiger charge is -2.05. The molecule has 5 nitrogen and oxygen atoms in total. The Morgan fingerprint density at radius 2 is 2.40 bits per heavy atom. The molecule has 10 heavy (non-hydrogen) atoms. The first-order valence-electron chi connectivity index (χ1n) is 2.58. The van der Waals surface area contributed by atoms with Gasteiger partial charge in [-0.15, -0.1) is 0 Å². The summed E-state index contributed by atoms with van der Waals surface area (Å²) in [5.74, 6) is -1.09. The van der Waals surface area contributed by atoms with E-state index in [0.29, 0.717) is 0 Å². The highest BCUT2D eigenvalue weighted by atomic mass is 16.7. The molecule has 0 aliphatic rings. The van der Waals surface area contributed by atoms with Crippen molar-refractivity contribution >= 4 is 12.4 Å². The van der Waals surface area contributed by atoms with Gasteiger partial charge < -0.3 is 14.6 Å². The van der Waals surface area contributed by atoms with E-state index < -0.39 is 12.1 Å². The summed E-state index contributed by atoms with van der Waals surface area (Å²) in [6.45, 7) is 1.21. The number of hydrogen-bond donors (Lipinski definition) is 1. The van der Waals surface area contributed by atoms with Crippen LogP contribution in [0.2, 0.25) is 0 Å². The van der Waals surface area contributed by atoms with Crippen LogP contribution in [0.25, 0.3) is 0 Å². The maximum Gasteiger partial charge on any atom is 0.332 e. The van der Waals surface area contributed by atoms with Gasteiger partial charge >= 0.3 is 5.97 Å². The zero-order valence-corrected chi connectivity index (χ0v) is 5.44. The van der Waals surface area contributed by atoms with Gasteiger partial charge in [-0.25, -0.2) is 4.79 Å². The molecule has 58 valence electrons. The number of hydrogen-bond acceptors (Lipinski definition) is 4. The standard InChI is InChI=1S/C5H8O5/c1-4(5(7)8)10-3-9-2-6/h2,4H,3H2,1H3,(H,7,8). The Hall–Kier alpha value is -1.10. The second-order valence-electron chi connectivity index (χ2n) is 1.53. The van der Waals surface area contributed by atoms with E-state index in [1.807, 2.05) is 0 Å². The molecule has 0 aliphatic carbocycles. The van der Waals surface area contributed by atoms with Gasteiger partial charge in [0.25, 0.3) is 6.47 Å². The molecule has 0 saturated carbocycles. The van der Waals surface area contributed by atoms with Crippen LogP contribution in [-0.4, -0.2) is 30.4 Å². The molecular formula is C5H8O5. The largest absolute Gasteiger partial charge is 0.479 e. The highest BCUT2D eigenvalue weighted by Crippen LogP contribution is 1.88. The minimum atomic E-state index is -1.09. The van der Waals surface area contributed by atoms with Crippen LogP contribution < -0.4 is 0 Å². The van der Waals surface area contributed by atoms with Gasteiger partial charge in [0.2, 0.25) is 0 Å². The first-order chi connectivity index (χ1) is 4.68. The number of aliphatic carboxylic acids is 1. The third-order valence-corrected chi connectivity index (χ3v) is 0.802. The van der Waals surface area contributed by atoms with Crippen LogP contribution in [0, 0.1) is 0 Å². The summed E-state index contributed by atoms with van der Waals surface area (Å²) in [6, 6.07) is 0. The minimum Gasteiger partial charge on any atom is -0.479 e. The fourth-order valence-corrected chi connectivity index (χ4v) is 0.240. The lowest BCUT2D eigenvalue weighted by molar-refractivity contribution is -0.163. The number of carbonyl (C=O) groups is 2. The molecule has 0 aliphatic heterocycles. The summed E-state index contributed by atoms with van der Waals surface area (Å²) in [5.41, 5.74) is 0. The Kier molecular flexibility index (Phi) is 4.23. The van der Waals surface area contributed by atoms with Crippen molar-refractivity contribution in [3.8, 4) is 0 Å². The van der Waals surface area contributed by atoms with Crippen LogP contribution in [0.5, 0.6) is 0 Å². The van der Waals surface area contributed by atoms with Crippen LogP contribution in [0.1, 0.15) is 6.92 Å². The fourth-order valence-electron chi connectivity index (χ4n) is 0.240.